The molecule has 0 bridgehead atoms. The second-order valence-electron chi connectivity index (χ2n) is 6.63. The smallest absolute Gasteiger partial charge is 0.161 e. The number of benzene rings is 1. The Bertz CT molecular complexity index is 862. The van der Waals surface area contributed by atoms with Crippen molar-refractivity contribution >= 4 is 5.65 Å². The predicted molar refractivity (Wildman–Crippen MR) is 106 cm³/mol. The molecule has 1 atom stereocenters. The number of methoxy groups -OCH3 is 1. The zero-order valence-corrected chi connectivity index (χ0v) is 16.3. The van der Waals surface area contributed by atoms with Gasteiger partial charge in [-0.2, -0.15) is 0 Å². The van der Waals surface area contributed by atoms with Crippen molar-refractivity contribution in [3.63, 3.8) is 0 Å². The number of nitrogens with one attached hydrogen (secondary N) is 1. The Morgan fingerprint density at radius 1 is 1.11 bits per heavy atom. The molecule has 6 nitrogen and oxygen atoms in total. The Labute approximate surface area is 160 Å². The van der Waals surface area contributed by atoms with Crippen LogP contribution in [0.25, 0.3) is 5.65 Å². The van der Waals surface area contributed by atoms with E-state index in [1.54, 1.807) is 7.11 Å². The van der Waals surface area contributed by atoms with Crippen LogP contribution in [0.4, 0.5) is 0 Å². The van der Waals surface area contributed by atoms with E-state index in [0.29, 0.717) is 13.2 Å². The summed E-state index contributed by atoms with van der Waals surface area (Å²) in [5, 5.41) is 12.0. The second-order valence-corrected chi connectivity index (χ2v) is 6.63. The molecule has 0 amide bonds. The van der Waals surface area contributed by atoms with E-state index >= 15 is 0 Å². The van der Waals surface area contributed by atoms with E-state index < -0.39 is 0 Å². The molecule has 0 fully saturated rings. The average molecular weight is 368 g/mol. The third-order valence-corrected chi connectivity index (χ3v) is 4.57. The van der Waals surface area contributed by atoms with Gasteiger partial charge in [0.2, 0.25) is 0 Å². The molecule has 1 N–H and O–H groups in total. The van der Waals surface area contributed by atoms with Gasteiger partial charge in [-0.05, 0) is 43.2 Å². The van der Waals surface area contributed by atoms with Gasteiger partial charge in [0.25, 0.3) is 0 Å². The number of nitrogens with zero attached hydrogens (tertiary/aromatic N) is 3. The van der Waals surface area contributed by atoms with Gasteiger partial charge in [-0.1, -0.05) is 31.9 Å². The van der Waals surface area contributed by atoms with Crippen molar-refractivity contribution in [1.29, 1.82) is 0 Å². The van der Waals surface area contributed by atoms with Gasteiger partial charge >= 0.3 is 0 Å². The first-order valence-corrected chi connectivity index (χ1v) is 9.55. The van der Waals surface area contributed by atoms with E-state index in [2.05, 4.69) is 35.4 Å². The van der Waals surface area contributed by atoms with Crippen LogP contribution in [0.3, 0.4) is 0 Å². The summed E-state index contributed by atoms with van der Waals surface area (Å²) in [5.41, 5.74) is 2.00. The first kappa shape index (κ1) is 19.2. The van der Waals surface area contributed by atoms with Crippen molar-refractivity contribution in [3.8, 4) is 11.5 Å². The van der Waals surface area contributed by atoms with Crippen LogP contribution in [-0.4, -0.2) is 28.3 Å². The average Bonchev–Trinajstić information content (AvgIpc) is 3.14. The van der Waals surface area contributed by atoms with Gasteiger partial charge in [0.05, 0.1) is 19.8 Å². The Balaban J connectivity index is 1.64. The minimum absolute atomic E-state index is 0.0680. The second kappa shape index (κ2) is 9.37. The first-order valence-electron chi connectivity index (χ1n) is 9.55. The summed E-state index contributed by atoms with van der Waals surface area (Å²) in [5.74, 6) is 2.47. The number of hydrogen-bond acceptors (Lipinski definition) is 5. The summed E-state index contributed by atoms with van der Waals surface area (Å²) >= 11 is 0. The van der Waals surface area contributed by atoms with Gasteiger partial charge in [-0.3, -0.25) is 4.40 Å². The number of unbranched alkanes of at least 4 members (excludes halogenated alkanes) is 2. The van der Waals surface area contributed by atoms with Crippen molar-refractivity contribution in [1.82, 2.24) is 19.9 Å². The molecule has 1 unspecified atom stereocenters. The van der Waals surface area contributed by atoms with Crippen molar-refractivity contribution in [2.24, 2.45) is 0 Å². The first-order chi connectivity index (χ1) is 13.2. The molecule has 0 aliphatic carbocycles. The maximum Gasteiger partial charge on any atom is 0.161 e. The molecule has 6 heteroatoms. The summed E-state index contributed by atoms with van der Waals surface area (Å²) in [6.45, 7) is 5.70. The number of aromatic nitrogens is 3. The molecule has 2 aromatic heterocycles. The van der Waals surface area contributed by atoms with Gasteiger partial charge in [-0.25, -0.2) is 0 Å². The third kappa shape index (κ3) is 4.77. The van der Waals surface area contributed by atoms with Crippen LogP contribution < -0.4 is 14.8 Å². The van der Waals surface area contributed by atoms with E-state index in [-0.39, 0.29) is 6.04 Å². The van der Waals surface area contributed by atoms with Gasteiger partial charge < -0.3 is 14.8 Å². The number of ether oxygens (including phenoxy) is 2. The molecule has 1 aromatic carbocycles. The third-order valence-electron chi connectivity index (χ3n) is 4.57. The highest BCUT2D eigenvalue weighted by Crippen LogP contribution is 2.28. The molecule has 3 rings (SSSR count). The van der Waals surface area contributed by atoms with Crippen LogP contribution in [0.2, 0.25) is 0 Å². The molecule has 144 valence electrons. The molecule has 0 aliphatic rings. The fourth-order valence-corrected chi connectivity index (χ4v) is 3.00. The Kier molecular flexibility index (Phi) is 6.65. The summed E-state index contributed by atoms with van der Waals surface area (Å²) in [4.78, 5) is 0. The Hall–Kier alpha value is -2.60. The molecule has 2 heterocycles. The van der Waals surface area contributed by atoms with Crippen LogP contribution >= 0.6 is 0 Å². The zero-order chi connectivity index (χ0) is 19.1. The van der Waals surface area contributed by atoms with Gasteiger partial charge in [0.1, 0.15) is 0 Å². The van der Waals surface area contributed by atoms with E-state index in [1.807, 2.05) is 40.9 Å². The SMILES string of the molecule is CCCCCOc1cc(CNC(C)c2nnc3ccccn23)ccc1OC. The summed E-state index contributed by atoms with van der Waals surface area (Å²) < 4.78 is 13.4. The highest BCUT2D eigenvalue weighted by atomic mass is 16.5. The van der Waals surface area contributed by atoms with E-state index in [9.17, 15) is 0 Å². The lowest BCUT2D eigenvalue weighted by atomic mass is 10.2. The Morgan fingerprint density at radius 3 is 2.81 bits per heavy atom. The van der Waals surface area contributed by atoms with Crippen molar-refractivity contribution in [2.75, 3.05) is 13.7 Å². The largest absolute Gasteiger partial charge is 0.493 e. The molecule has 0 aliphatic heterocycles. The molecule has 3 aromatic rings. The van der Waals surface area contributed by atoms with E-state index in [1.165, 1.54) is 12.8 Å². The van der Waals surface area contributed by atoms with Gasteiger partial charge in [-0.15, -0.1) is 10.2 Å². The number of rotatable bonds is 10. The number of fused-ring (bicyclic) bond motifs is 1. The van der Waals surface area contributed by atoms with Crippen molar-refractivity contribution < 1.29 is 9.47 Å². The fraction of sp³-hybridized carbons (Fsp3) is 0.429. The lowest BCUT2D eigenvalue weighted by molar-refractivity contribution is 0.285. The molecular weight excluding hydrogens is 340 g/mol. The molecule has 0 spiro atoms. The van der Waals surface area contributed by atoms with Gasteiger partial charge in [0.15, 0.2) is 23.0 Å². The molecule has 0 saturated carbocycles. The summed E-state index contributed by atoms with van der Waals surface area (Å²) in [6.07, 6.45) is 5.39. The fourth-order valence-electron chi connectivity index (χ4n) is 3.00. The van der Waals surface area contributed by atoms with Crippen LogP contribution in [-0.2, 0) is 6.54 Å². The lowest BCUT2D eigenvalue weighted by Crippen LogP contribution is -2.20. The maximum atomic E-state index is 5.93. The molecule has 0 saturated heterocycles. The van der Waals surface area contributed by atoms with Crippen molar-refractivity contribution in [3.05, 3.63) is 54.0 Å². The number of hydrogen-bond donors (Lipinski definition) is 1. The van der Waals surface area contributed by atoms with Gasteiger partial charge in [0, 0.05) is 12.7 Å². The summed E-state index contributed by atoms with van der Waals surface area (Å²) in [7, 11) is 1.67. The quantitative estimate of drug-likeness (QED) is 0.545. The molecule has 0 radical (unpaired) electrons. The van der Waals surface area contributed by atoms with E-state index in [4.69, 9.17) is 9.47 Å². The van der Waals surface area contributed by atoms with E-state index in [0.717, 1.165) is 35.0 Å². The van der Waals surface area contributed by atoms with Crippen LogP contribution in [0, 0.1) is 0 Å². The molecular formula is C21H28N4O2. The summed E-state index contributed by atoms with van der Waals surface area (Å²) in [6, 6.07) is 12.0. The normalized spacial score (nSPS) is 12.3. The topological polar surface area (TPSA) is 60.7 Å². The van der Waals surface area contributed by atoms with Crippen LogP contribution in [0.1, 0.15) is 50.5 Å². The predicted octanol–water partition coefficient (Wildman–Crippen LogP) is 4.16. The molecule has 27 heavy (non-hydrogen) atoms. The number of pyridine rings is 1. The highest BCUT2D eigenvalue weighted by Gasteiger charge is 2.13. The standard InChI is InChI=1S/C21H28N4O2/c1-4-5-8-13-27-19-14-17(10-11-18(19)26-3)15-22-16(2)21-24-23-20-9-6-7-12-25(20)21/h6-7,9-12,14,16,22H,4-5,8,13,15H2,1-3H3. The van der Waals surface area contributed by atoms with Crippen LogP contribution in [0.15, 0.2) is 42.6 Å². The minimum Gasteiger partial charge on any atom is -0.493 e. The zero-order valence-electron chi connectivity index (χ0n) is 16.3. The Morgan fingerprint density at radius 2 is 2.00 bits per heavy atom. The lowest BCUT2D eigenvalue weighted by Gasteiger charge is -2.15. The van der Waals surface area contributed by atoms with Crippen LogP contribution in [0.5, 0.6) is 11.5 Å². The monoisotopic (exact) mass is 368 g/mol. The highest BCUT2D eigenvalue weighted by molar-refractivity contribution is 5.43. The van der Waals surface area contributed by atoms with Crippen molar-refractivity contribution in [2.45, 2.75) is 45.7 Å². The minimum atomic E-state index is 0.0680. The maximum absolute atomic E-state index is 5.93.